The summed E-state index contributed by atoms with van der Waals surface area (Å²) in [4.78, 5) is 23.7. The van der Waals surface area contributed by atoms with Crippen molar-refractivity contribution in [2.24, 2.45) is 18.4 Å². The Morgan fingerprint density at radius 1 is 1.09 bits per heavy atom. The highest BCUT2D eigenvalue weighted by atomic mass is 19.4. The molecule has 1 aliphatic heterocycles. The van der Waals surface area contributed by atoms with Gasteiger partial charge in [-0.25, -0.2) is 4.98 Å². The summed E-state index contributed by atoms with van der Waals surface area (Å²) >= 11 is 0. The Hall–Kier alpha value is -2.74. The molecule has 1 saturated heterocycles. The van der Waals surface area contributed by atoms with Crippen LogP contribution in [0.2, 0.25) is 0 Å². The normalized spacial score (nSPS) is 19.0. The number of benzene rings is 1. The van der Waals surface area contributed by atoms with E-state index in [1.54, 1.807) is 6.20 Å². The van der Waals surface area contributed by atoms with Crippen LogP contribution in [-0.2, 0) is 18.3 Å². The van der Waals surface area contributed by atoms with Gasteiger partial charge in [0.1, 0.15) is 11.6 Å². The highest BCUT2D eigenvalue weighted by molar-refractivity contribution is 5.88. The van der Waals surface area contributed by atoms with Crippen molar-refractivity contribution in [1.82, 2.24) is 19.4 Å². The number of nitrogens with zero attached hydrogens (tertiary/aromatic N) is 4. The summed E-state index contributed by atoms with van der Waals surface area (Å²) in [5.74, 6) is 0.952. The molecule has 180 valence electrons. The smallest absolute Gasteiger partial charge is 0.331 e. The second kappa shape index (κ2) is 8.48. The Bertz CT molecular complexity index is 1220. The number of Topliss-reactive ketones (excluding diaryl/α,β-unsaturated/α-hetero) is 1. The molecule has 8 heteroatoms. The first-order valence-electron chi connectivity index (χ1n) is 11.8. The number of aromatic nitrogens is 3. The third kappa shape index (κ3) is 4.35. The Kier molecular flexibility index (Phi) is 5.74. The summed E-state index contributed by atoms with van der Waals surface area (Å²) in [7, 11) is 1.98. The molecule has 0 atom stereocenters. The van der Waals surface area contributed by atoms with Crippen molar-refractivity contribution in [1.29, 1.82) is 0 Å². The van der Waals surface area contributed by atoms with E-state index >= 15 is 0 Å². The Labute approximate surface area is 197 Å². The number of piperidine rings is 1. The van der Waals surface area contributed by atoms with Crippen LogP contribution in [-0.4, -0.2) is 51.0 Å². The van der Waals surface area contributed by atoms with Crippen molar-refractivity contribution in [3.8, 4) is 11.3 Å². The van der Waals surface area contributed by atoms with Gasteiger partial charge in [-0.05, 0) is 63.2 Å². The molecule has 0 spiro atoms. The molecule has 1 saturated carbocycles. The molecule has 3 aromatic rings. The number of hydrogen-bond donors (Lipinski definition) is 0. The number of ketones is 1. The van der Waals surface area contributed by atoms with E-state index in [9.17, 15) is 18.0 Å². The predicted octanol–water partition coefficient (Wildman–Crippen LogP) is 5.11. The molecular formula is C26H29F3N4O. The molecular weight excluding hydrogens is 441 g/mol. The second-order valence-corrected chi connectivity index (χ2v) is 9.96. The summed E-state index contributed by atoms with van der Waals surface area (Å²) in [6, 6.07) is 8.13. The molecule has 0 amide bonds. The topological polar surface area (TPSA) is 51.0 Å². The molecule has 0 bridgehead atoms. The first kappa shape index (κ1) is 23.0. The van der Waals surface area contributed by atoms with Gasteiger partial charge in [-0.3, -0.25) is 9.78 Å². The largest absolute Gasteiger partial charge is 0.395 e. The van der Waals surface area contributed by atoms with Crippen LogP contribution in [0.1, 0.15) is 37.2 Å². The van der Waals surface area contributed by atoms with Gasteiger partial charge in [-0.15, -0.1) is 0 Å². The SMILES string of the molecule is Cc1ncc(-c2ccc3cnc(CC(=O)C4CCN(CC5(C(F)(F)F)CC5)CC4)cc3c2)n1C. The first-order valence-corrected chi connectivity index (χ1v) is 11.8. The molecule has 0 N–H and O–H groups in total. The lowest BCUT2D eigenvalue weighted by atomic mass is 9.89. The third-order valence-corrected chi connectivity index (χ3v) is 7.67. The average molecular weight is 471 g/mol. The first-order chi connectivity index (χ1) is 16.1. The number of rotatable bonds is 6. The van der Waals surface area contributed by atoms with Crippen molar-refractivity contribution in [2.45, 2.75) is 45.2 Å². The minimum Gasteiger partial charge on any atom is -0.331 e. The molecule has 5 rings (SSSR count). The van der Waals surface area contributed by atoms with Gasteiger partial charge in [-0.1, -0.05) is 12.1 Å². The van der Waals surface area contributed by atoms with Crippen LogP contribution in [0.25, 0.3) is 22.0 Å². The van der Waals surface area contributed by atoms with Gasteiger partial charge in [0.25, 0.3) is 0 Å². The zero-order chi connectivity index (χ0) is 24.1. The number of imidazole rings is 1. The number of hydrogen-bond acceptors (Lipinski definition) is 4. The highest BCUT2D eigenvalue weighted by Crippen LogP contribution is 2.58. The average Bonchev–Trinajstić information content (AvgIpc) is 3.53. The number of likely N-dealkylation sites (tertiary alicyclic amines) is 1. The fraction of sp³-hybridized carbons (Fsp3) is 0.500. The molecule has 2 aromatic heterocycles. The molecule has 0 unspecified atom stereocenters. The zero-order valence-corrected chi connectivity index (χ0v) is 19.5. The van der Waals surface area contributed by atoms with E-state index in [1.165, 1.54) is 0 Å². The van der Waals surface area contributed by atoms with Crippen LogP contribution in [0, 0.1) is 18.3 Å². The quantitative estimate of drug-likeness (QED) is 0.502. The lowest BCUT2D eigenvalue weighted by Gasteiger charge is -2.34. The molecule has 2 aliphatic rings. The van der Waals surface area contributed by atoms with Crippen LogP contribution in [0.4, 0.5) is 13.2 Å². The Morgan fingerprint density at radius 2 is 1.82 bits per heavy atom. The summed E-state index contributed by atoms with van der Waals surface area (Å²) in [5.41, 5.74) is 1.30. The number of halogens is 3. The van der Waals surface area contributed by atoms with Crippen molar-refractivity contribution in [3.05, 3.63) is 48.2 Å². The molecule has 5 nitrogen and oxygen atoms in total. The van der Waals surface area contributed by atoms with Crippen molar-refractivity contribution >= 4 is 16.6 Å². The lowest BCUT2D eigenvalue weighted by Crippen LogP contribution is -2.43. The van der Waals surface area contributed by atoms with E-state index in [1.807, 2.05) is 47.8 Å². The molecule has 1 aliphatic carbocycles. The summed E-state index contributed by atoms with van der Waals surface area (Å²) in [5, 5.41) is 2.02. The monoisotopic (exact) mass is 470 g/mol. The number of pyridine rings is 1. The number of aryl methyl sites for hydroxylation is 1. The fourth-order valence-corrected chi connectivity index (χ4v) is 5.06. The zero-order valence-electron chi connectivity index (χ0n) is 19.5. The summed E-state index contributed by atoms with van der Waals surface area (Å²) in [6.45, 7) is 3.13. The maximum atomic E-state index is 13.3. The van der Waals surface area contributed by atoms with E-state index in [4.69, 9.17) is 0 Å². The van der Waals surface area contributed by atoms with Crippen molar-refractivity contribution < 1.29 is 18.0 Å². The van der Waals surface area contributed by atoms with Crippen LogP contribution in [0.5, 0.6) is 0 Å². The van der Waals surface area contributed by atoms with Gasteiger partial charge in [-0.2, -0.15) is 13.2 Å². The number of alkyl halides is 3. The molecule has 2 fully saturated rings. The van der Waals surface area contributed by atoms with E-state index < -0.39 is 11.6 Å². The summed E-state index contributed by atoms with van der Waals surface area (Å²) < 4.78 is 41.8. The van der Waals surface area contributed by atoms with Crippen LogP contribution in [0.3, 0.4) is 0 Å². The lowest BCUT2D eigenvalue weighted by molar-refractivity contribution is -0.192. The highest BCUT2D eigenvalue weighted by Gasteiger charge is 2.63. The predicted molar refractivity (Wildman–Crippen MR) is 124 cm³/mol. The van der Waals surface area contributed by atoms with E-state index in [0.29, 0.717) is 25.9 Å². The van der Waals surface area contributed by atoms with Gasteiger partial charge < -0.3 is 9.47 Å². The number of carbonyl (C=O) groups is 1. The maximum Gasteiger partial charge on any atom is 0.395 e. The van der Waals surface area contributed by atoms with Crippen molar-refractivity contribution in [3.63, 3.8) is 0 Å². The standard InChI is InChI=1S/C26H29F3N4O/c1-17-30-15-23(32(17)2)19-3-4-20-14-31-22(12-21(20)11-19)13-24(34)18-5-9-33(10-6-18)16-25(7-8-25)26(27,28)29/h3-4,11-12,14-15,18H,5-10,13,16H2,1-2H3. The minimum atomic E-state index is -4.13. The fourth-order valence-electron chi connectivity index (χ4n) is 5.06. The maximum absolute atomic E-state index is 13.3. The van der Waals surface area contributed by atoms with E-state index in [2.05, 4.69) is 16.0 Å². The van der Waals surface area contributed by atoms with Gasteiger partial charge in [0.05, 0.1) is 17.3 Å². The van der Waals surface area contributed by atoms with Gasteiger partial charge in [0, 0.05) is 48.8 Å². The van der Waals surface area contributed by atoms with E-state index in [-0.39, 0.29) is 37.5 Å². The Balaban J connectivity index is 1.23. The summed E-state index contributed by atoms with van der Waals surface area (Å²) in [6.07, 6.45) is 1.46. The molecule has 1 aromatic carbocycles. The van der Waals surface area contributed by atoms with Gasteiger partial charge in [0.15, 0.2) is 0 Å². The second-order valence-electron chi connectivity index (χ2n) is 9.96. The van der Waals surface area contributed by atoms with Crippen LogP contribution in [0.15, 0.2) is 36.7 Å². The van der Waals surface area contributed by atoms with Crippen LogP contribution >= 0.6 is 0 Å². The Morgan fingerprint density at radius 3 is 2.44 bits per heavy atom. The van der Waals surface area contributed by atoms with Gasteiger partial charge >= 0.3 is 6.18 Å². The molecule has 0 radical (unpaired) electrons. The molecule has 34 heavy (non-hydrogen) atoms. The van der Waals surface area contributed by atoms with Crippen molar-refractivity contribution in [2.75, 3.05) is 19.6 Å². The number of carbonyl (C=O) groups excluding carboxylic acids is 1. The third-order valence-electron chi connectivity index (χ3n) is 7.67. The number of fused-ring (bicyclic) bond motifs is 1. The van der Waals surface area contributed by atoms with Gasteiger partial charge in [0.2, 0.25) is 0 Å². The molecule has 3 heterocycles. The van der Waals surface area contributed by atoms with Crippen LogP contribution < -0.4 is 0 Å². The minimum absolute atomic E-state index is 0.0716. The van der Waals surface area contributed by atoms with E-state index in [0.717, 1.165) is 33.5 Å².